The Morgan fingerprint density at radius 3 is 2.44 bits per heavy atom. The zero-order valence-corrected chi connectivity index (χ0v) is 31.2. The molecule has 5 rings (SSSR count). The Morgan fingerprint density at radius 1 is 1.02 bits per heavy atom. The number of nitrogens with one attached hydrogen (secondary N) is 4. The second-order valence-electron chi connectivity index (χ2n) is 14.0. The van der Waals surface area contributed by atoms with Crippen LogP contribution in [0.3, 0.4) is 0 Å². The Labute approximate surface area is 326 Å². The molecule has 5 amide bonds. The summed E-state index contributed by atoms with van der Waals surface area (Å²) in [5.41, 5.74) is -2.63. The summed E-state index contributed by atoms with van der Waals surface area (Å²) >= 11 is 0. The number of carbonyl (C=O) groups is 5. The summed E-state index contributed by atoms with van der Waals surface area (Å²) < 4.78 is 45.4. The molecule has 1 aromatic heterocycles. The van der Waals surface area contributed by atoms with Crippen LogP contribution in [0.4, 0.5) is 24.7 Å². The Kier molecular flexibility index (Phi) is 13.8. The van der Waals surface area contributed by atoms with E-state index in [-0.39, 0.29) is 49.2 Å². The fourth-order valence-electron chi connectivity index (χ4n) is 6.17. The average Bonchev–Trinajstić information content (AvgIpc) is 3.18. The van der Waals surface area contributed by atoms with Gasteiger partial charge in [-0.2, -0.15) is 18.4 Å². The molecule has 302 valence electrons. The maximum atomic E-state index is 13.3. The number of pyridine rings is 1. The van der Waals surface area contributed by atoms with Crippen LogP contribution in [0.25, 0.3) is 0 Å². The molecule has 18 heteroatoms. The summed E-state index contributed by atoms with van der Waals surface area (Å²) in [6.07, 6.45) is -1.62. The number of hydrogen-bond acceptors (Lipinski definition) is 11. The number of halogens is 3. The molecule has 2 atom stereocenters. The van der Waals surface area contributed by atoms with Gasteiger partial charge in [0, 0.05) is 57.4 Å². The zero-order chi connectivity index (χ0) is 41.2. The summed E-state index contributed by atoms with van der Waals surface area (Å²) in [7, 11) is 0. The number of piperidine rings is 1. The summed E-state index contributed by atoms with van der Waals surface area (Å²) in [6, 6.07) is 13.6. The Morgan fingerprint density at radius 2 is 1.75 bits per heavy atom. The van der Waals surface area contributed by atoms with Gasteiger partial charge in [-0.1, -0.05) is 12.1 Å². The zero-order valence-electron chi connectivity index (χ0n) is 31.2. The first-order valence-electron chi connectivity index (χ1n) is 18.3. The monoisotopic (exact) mass is 792 g/mol. The first-order chi connectivity index (χ1) is 27.1. The van der Waals surface area contributed by atoms with E-state index in [1.807, 2.05) is 6.07 Å². The number of aromatic nitrogens is 1. The third kappa shape index (κ3) is 12.2. The third-order valence-electron chi connectivity index (χ3n) is 9.45. The number of anilines is 2. The molecule has 0 unspecified atom stereocenters. The fourth-order valence-corrected chi connectivity index (χ4v) is 6.17. The molecule has 2 fully saturated rings. The van der Waals surface area contributed by atoms with Crippen LogP contribution in [-0.4, -0.2) is 95.5 Å². The molecule has 2 aromatic carbocycles. The number of rotatable bonds is 15. The van der Waals surface area contributed by atoms with Crippen molar-refractivity contribution in [1.29, 1.82) is 5.26 Å². The smallest absolute Gasteiger partial charge is 0.417 e. The molecule has 15 nitrogen and oxygen atoms in total. The van der Waals surface area contributed by atoms with Crippen LogP contribution in [0, 0.1) is 11.3 Å². The van der Waals surface area contributed by atoms with E-state index in [1.54, 1.807) is 36.5 Å². The van der Waals surface area contributed by atoms with E-state index in [9.17, 15) is 42.3 Å². The maximum Gasteiger partial charge on any atom is 0.417 e. The lowest BCUT2D eigenvalue weighted by molar-refractivity contribution is -0.138. The average molecular weight is 793 g/mol. The highest BCUT2D eigenvalue weighted by atomic mass is 19.4. The number of ether oxygens (including phenoxy) is 1. The normalized spacial score (nSPS) is 17.1. The van der Waals surface area contributed by atoms with Crippen molar-refractivity contribution >= 4 is 41.0 Å². The SMILES string of the molecule is C[C@](O)(COc1ccc(CNC(=O)CCCN2CCN(c3cc(CC(=O)N[C@H]4CCC(=O)NC4=O)ccn3)CC2)cc1)C(=O)Nc1ccc(C#N)c(C(F)(F)F)c1. The van der Waals surface area contributed by atoms with E-state index in [2.05, 4.69) is 36.1 Å². The minimum absolute atomic E-state index is 0.0773. The number of aliphatic hydroxyl groups is 1. The first-order valence-corrected chi connectivity index (χ1v) is 18.3. The molecular formula is C39H43F3N8O7. The van der Waals surface area contributed by atoms with Gasteiger partial charge in [-0.25, -0.2) is 4.98 Å². The highest BCUT2D eigenvalue weighted by Crippen LogP contribution is 2.33. The Hall–Kier alpha value is -6.06. The van der Waals surface area contributed by atoms with Crippen LogP contribution in [0.5, 0.6) is 5.75 Å². The van der Waals surface area contributed by atoms with Crippen molar-refractivity contribution in [1.82, 2.24) is 25.8 Å². The Balaban J connectivity index is 0.969. The van der Waals surface area contributed by atoms with E-state index in [1.165, 1.54) is 6.07 Å². The molecule has 3 aromatic rings. The van der Waals surface area contributed by atoms with Gasteiger partial charge in [0.1, 0.15) is 24.2 Å². The van der Waals surface area contributed by atoms with Crippen LogP contribution in [0.15, 0.2) is 60.8 Å². The number of amides is 5. The van der Waals surface area contributed by atoms with E-state index >= 15 is 0 Å². The van der Waals surface area contributed by atoms with Gasteiger partial charge in [-0.15, -0.1) is 0 Å². The molecule has 2 aliphatic rings. The Bertz CT molecular complexity index is 1990. The van der Waals surface area contributed by atoms with Gasteiger partial charge in [-0.05, 0) is 79.9 Å². The van der Waals surface area contributed by atoms with Crippen molar-refractivity contribution < 1.29 is 47.0 Å². The first kappa shape index (κ1) is 42.1. The maximum absolute atomic E-state index is 13.3. The summed E-state index contributed by atoms with van der Waals surface area (Å²) in [6.45, 7) is 4.65. The minimum Gasteiger partial charge on any atom is -0.490 e. The molecular weight excluding hydrogens is 749 g/mol. The third-order valence-corrected chi connectivity index (χ3v) is 9.45. The number of piperazine rings is 1. The van der Waals surface area contributed by atoms with E-state index < -0.39 is 47.4 Å². The summed E-state index contributed by atoms with van der Waals surface area (Å²) in [5, 5.41) is 29.6. The number of carbonyl (C=O) groups excluding carboxylic acids is 5. The molecule has 3 heterocycles. The van der Waals surface area contributed by atoms with E-state index in [0.717, 1.165) is 68.7 Å². The minimum atomic E-state index is -4.81. The molecule has 0 bridgehead atoms. The van der Waals surface area contributed by atoms with E-state index in [4.69, 9.17) is 10.00 Å². The van der Waals surface area contributed by atoms with Gasteiger partial charge in [-0.3, -0.25) is 34.2 Å². The standard InChI is InChI=1S/C39H43F3N8O7/c1-38(56,37(55)46-28-7-6-27(22-43)30(21-28)39(40,41)42)24-57-29-8-4-25(5-9-29)23-45-33(51)3-2-14-49-15-17-50(18-16-49)32-19-26(12-13-44-32)20-35(53)47-31-10-11-34(52)48-36(31)54/h4-9,12-13,19,21,31,56H,2-3,10-11,14-18,20,23-24H2,1H3,(H,45,51)(H,46,55)(H,47,53)(H,48,52,54)/t31-,38-/m0/s1. The molecule has 0 spiro atoms. The molecule has 2 saturated heterocycles. The number of benzene rings is 2. The van der Waals surface area contributed by atoms with Crippen molar-refractivity contribution in [3.8, 4) is 11.8 Å². The van der Waals surface area contributed by atoms with Crippen LogP contribution in [0.2, 0.25) is 0 Å². The predicted octanol–water partition coefficient (Wildman–Crippen LogP) is 2.42. The second kappa shape index (κ2) is 18.7. The van der Waals surface area contributed by atoms with E-state index in [0.29, 0.717) is 24.7 Å². The van der Waals surface area contributed by atoms with Crippen LogP contribution < -0.4 is 30.9 Å². The topological polar surface area (TPSA) is 206 Å². The van der Waals surface area contributed by atoms with Crippen molar-refractivity contribution in [3.05, 3.63) is 83.0 Å². The lowest BCUT2D eigenvalue weighted by Gasteiger charge is -2.35. The molecule has 2 aliphatic heterocycles. The van der Waals surface area contributed by atoms with Gasteiger partial charge in [0.2, 0.25) is 23.6 Å². The molecule has 0 radical (unpaired) electrons. The number of nitrogens with zero attached hydrogens (tertiary/aromatic N) is 4. The highest BCUT2D eigenvalue weighted by Gasteiger charge is 2.36. The largest absolute Gasteiger partial charge is 0.490 e. The van der Waals surface area contributed by atoms with Crippen molar-refractivity contribution in [2.75, 3.05) is 49.5 Å². The van der Waals surface area contributed by atoms with Crippen molar-refractivity contribution in [3.63, 3.8) is 0 Å². The number of nitriles is 1. The van der Waals surface area contributed by atoms with Crippen LogP contribution in [0.1, 0.15) is 54.9 Å². The van der Waals surface area contributed by atoms with Gasteiger partial charge in [0.05, 0.1) is 23.6 Å². The summed E-state index contributed by atoms with van der Waals surface area (Å²) in [5.74, 6) is -1.19. The van der Waals surface area contributed by atoms with Crippen molar-refractivity contribution in [2.24, 2.45) is 0 Å². The van der Waals surface area contributed by atoms with Crippen LogP contribution in [-0.2, 0) is 43.1 Å². The lowest BCUT2D eigenvalue weighted by Crippen LogP contribution is -2.52. The number of alkyl halides is 3. The van der Waals surface area contributed by atoms with Crippen molar-refractivity contribution in [2.45, 2.75) is 63.4 Å². The van der Waals surface area contributed by atoms with Gasteiger partial charge >= 0.3 is 6.18 Å². The lowest BCUT2D eigenvalue weighted by atomic mass is 10.1. The molecule has 5 N–H and O–H groups in total. The fraction of sp³-hybridized carbons (Fsp3) is 0.410. The predicted molar refractivity (Wildman–Crippen MR) is 199 cm³/mol. The highest BCUT2D eigenvalue weighted by molar-refractivity contribution is 6.01. The van der Waals surface area contributed by atoms with Gasteiger partial charge in [0.25, 0.3) is 5.91 Å². The molecule has 0 aliphatic carbocycles. The molecule has 57 heavy (non-hydrogen) atoms. The van der Waals surface area contributed by atoms with Crippen LogP contribution >= 0.6 is 0 Å². The van der Waals surface area contributed by atoms with Gasteiger partial charge in [0.15, 0.2) is 5.60 Å². The summed E-state index contributed by atoms with van der Waals surface area (Å²) in [4.78, 5) is 70.0. The quantitative estimate of drug-likeness (QED) is 0.141. The number of imide groups is 1. The second-order valence-corrected chi connectivity index (χ2v) is 14.0. The van der Waals surface area contributed by atoms with Gasteiger partial charge < -0.3 is 30.7 Å². The number of hydrogen-bond donors (Lipinski definition) is 5. The molecule has 0 saturated carbocycles.